The molecule has 11 heavy (non-hydrogen) atoms. The first-order valence-electron chi connectivity index (χ1n) is 3.17. The number of halogens is 2. The monoisotopic (exact) mass is 169 g/mol. The van der Waals surface area contributed by atoms with E-state index in [1.165, 1.54) is 13.8 Å². The minimum absolute atomic E-state index is 0.644. The molecule has 0 aromatic carbocycles. The van der Waals surface area contributed by atoms with E-state index in [-0.39, 0.29) is 0 Å². The molecule has 0 saturated carbocycles. The quantitative estimate of drug-likeness (QED) is 0.586. The van der Waals surface area contributed by atoms with Crippen molar-refractivity contribution in [1.82, 2.24) is 0 Å². The Balaban J connectivity index is 4.01. The van der Waals surface area contributed by atoms with Crippen LogP contribution in [0.25, 0.3) is 0 Å². The molecule has 0 aromatic rings. The first-order chi connectivity index (χ1) is 5.06. The third-order valence-electron chi connectivity index (χ3n) is 1.22. The zero-order valence-corrected chi connectivity index (χ0v) is 6.47. The Labute approximate surface area is 63.9 Å². The van der Waals surface area contributed by atoms with E-state index in [0.29, 0.717) is 0 Å². The summed E-state index contributed by atoms with van der Waals surface area (Å²) in [5.41, 5.74) is 0. The van der Waals surface area contributed by atoms with Crippen molar-refractivity contribution < 1.29 is 23.4 Å². The van der Waals surface area contributed by atoms with Crippen LogP contribution in [0.2, 0.25) is 0 Å². The van der Waals surface area contributed by atoms with E-state index >= 15 is 0 Å². The predicted molar refractivity (Wildman–Crippen MR) is 32.4 cm³/mol. The van der Waals surface area contributed by atoms with Gasteiger partial charge in [-0.3, -0.25) is 9.47 Å². The Morgan fingerprint density at radius 1 is 1.27 bits per heavy atom. The van der Waals surface area contributed by atoms with Crippen molar-refractivity contribution in [2.24, 2.45) is 5.92 Å². The van der Waals surface area contributed by atoms with Crippen LogP contribution in [0.4, 0.5) is 8.78 Å². The van der Waals surface area contributed by atoms with Gasteiger partial charge in [0, 0.05) is 5.92 Å². The second-order valence-corrected chi connectivity index (χ2v) is 2.27. The first-order valence-corrected chi connectivity index (χ1v) is 3.17. The van der Waals surface area contributed by atoms with E-state index in [2.05, 4.69) is 9.47 Å². The smallest absolute Gasteiger partial charge is 0.293 e. The van der Waals surface area contributed by atoms with Gasteiger partial charge in [0.15, 0.2) is 13.7 Å². The van der Waals surface area contributed by atoms with Crippen LogP contribution in [0.5, 0.6) is 0 Å². The molecule has 0 atom stereocenters. The molecule has 3 nitrogen and oxygen atoms in total. The number of rotatable bonds is 5. The van der Waals surface area contributed by atoms with Crippen molar-refractivity contribution in [3.63, 3.8) is 0 Å². The van der Waals surface area contributed by atoms with Gasteiger partial charge in [-0.1, -0.05) is 13.8 Å². The maximum Gasteiger partial charge on any atom is 0.319 e. The Morgan fingerprint density at radius 2 is 1.64 bits per heavy atom. The summed E-state index contributed by atoms with van der Waals surface area (Å²) in [5.74, 6) is -3.04. The highest BCUT2D eigenvalue weighted by Crippen LogP contribution is 2.21. The van der Waals surface area contributed by atoms with Gasteiger partial charge in [-0.25, -0.2) is 8.78 Å². The largest absolute Gasteiger partial charge is 0.319 e. The zero-order chi connectivity index (χ0) is 8.91. The molecule has 0 spiro atoms. The average molecular weight is 169 g/mol. The van der Waals surface area contributed by atoms with Gasteiger partial charge in [-0.05, 0) is 0 Å². The topological polar surface area (TPSA) is 38.4 Å². The molecule has 0 unspecified atom stereocenters. The molecule has 1 radical (unpaired) electrons. The fourth-order valence-corrected chi connectivity index (χ4v) is 0.527. The highest BCUT2D eigenvalue weighted by atomic mass is 19.1. The van der Waals surface area contributed by atoms with Crippen LogP contribution in [0.15, 0.2) is 0 Å². The Kier molecular flexibility index (Phi) is 4.48. The van der Waals surface area contributed by atoms with Crippen molar-refractivity contribution in [2.75, 3.05) is 13.7 Å². The summed E-state index contributed by atoms with van der Waals surface area (Å²) >= 11 is 0. The number of hydrogen-bond donors (Lipinski definition) is 0. The number of hydrogen-bond acceptors (Lipinski definition) is 2. The van der Waals surface area contributed by atoms with E-state index in [1.54, 1.807) is 0 Å². The summed E-state index contributed by atoms with van der Waals surface area (Å²) < 4.78 is 31.2. The molecule has 0 heterocycles. The molecular weight excluding hydrogens is 158 g/mol. The molecule has 0 N–H and O–H groups in total. The van der Waals surface area contributed by atoms with Crippen molar-refractivity contribution in [2.45, 2.75) is 19.8 Å². The molecule has 5 heteroatoms. The van der Waals surface area contributed by atoms with Crippen LogP contribution >= 0.6 is 0 Å². The summed E-state index contributed by atoms with van der Waals surface area (Å²) in [7, 11) is 0. The lowest BCUT2D eigenvalue weighted by molar-refractivity contribution is -0.423. The summed E-state index contributed by atoms with van der Waals surface area (Å²) in [6.45, 7) is 0.361. The highest BCUT2D eigenvalue weighted by Gasteiger charge is 2.36. The van der Waals surface area contributed by atoms with E-state index < -0.39 is 25.6 Å². The SMILES string of the molecule is CC(C)C([O])(OCF)OCF. The van der Waals surface area contributed by atoms with Crippen LogP contribution in [-0.2, 0) is 14.6 Å². The molecule has 0 fully saturated rings. The molecule has 0 bridgehead atoms. The van der Waals surface area contributed by atoms with E-state index in [0.717, 1.165) is 0 Å². The second-order valence-electron chi connectivity index (χ2n) is 2.27. The van der Waals surface area contributed by atoms with Gasteiger partial charge in [-0.15, -0.1) is 0 Å². The molecule has 0 aromatic heterocycles. The van der Waals surface area contributed by atoms with Crippen LogP contribution in [-0.4, -0.2) is 19.7 Å². The molecular formula is C6H11F2O3. The van der Waals surface area contributed by atoms with Crippen LogP contribution in [0.1, 0.15) is 13.8 Å². The normalized spacial score (nSPS) is 12.5. The summed E-state index contributed by atoms with van der Waals surface area (Å²) in [5, 5.41) is 11.1. The molecule has 0 amide bonds. The third-order valence-corrected chi connectivity index (χ3v) is 1.22. The fraction of sp³-hybridized carbons (Fsp3) is 1.00. The lowest BCUT2D eigenvalue weighted by Gasteiger charge is -2.26. The van der Waals surface area contributed by atoms with Gasteiger partial charge < -0.3 is 0 Å². The van der Waals surface area contributed by atoms with E-state index in [9.17, 15) is 13.9 Å². The maximum atomic E-state index is 11.5. The van der Waals surface area contributed by atoms with Gasteiger partial charge in [0.1, 0.15) is 0 Å². The lowest BCUT2D eigenvalue weighted by Crippen LogP contribution is -2.39. The standard InChI is InChI=1S/C6H11F2O3/c1-5(2)6(9,10-3-7)11-4-8/h5H,3-4H2,1-2H3. The van der Waals surface area contributed by atoms with Crippen LogP contribution in [0.3, 0.4) is 0 Å². The minimum atomic E-state index is -2.40. The average Bonchev–Trinajstić information content (AvgIpc) is 1.88. The Morgan fingerprint density at radius 3 is 1.82 bits per heavy atom. The summed E-state index contributed by atoms with van der Waals surface area (Å²) in [4.78, 5) is 0. The molecule has 67 valence electrons. The summed E-state index contributed by atoms with van der Waals surface area (Å²) in [6.07, 6.45) is 0. The minimum Gasteiger partial charge on any atom is -0.293 e. The summed E-state index contributed by atoms with van der Waals surface area (Å²) in [6, 6.07) is 0. The number of alkyl halides is 2. The third kappa shape index (κ3) is 3.09. The second kappa shape index (κ2) is 4.58. The van der Waals surface area contributed by atoms with E-state index in [1.807, 2.05) is 0 Å². The maximum absolute atomic E-state index is 11.5. The fourth-order valence-electron chi connectivity index (χ4n) is 0.527. The van der Waals surface area contributed by atoms with Gasteiger partial charge in [0.25, 0.3) is 0 Å². The Hall–Kier alpha value is -0.260. The molecule has 0 rings (SSSR count). The van der Waals surface area contributed by atoms with Crippen molar-refractivity contribution >= 4 is 0 Å². The zero-order valence-electron chi connectivity index (χ0n) is 6.47. The first kappa shape index (κ1) is 10.7. The highest BCUT2D eigenvalue weighted by molar-refractivity contribution is 4.57. The van der Waals surface area contributed by atoms with Crippen molar-refractivity contribution in [1.29, 1.82) is 0 Å². The molecule has 0 aliphatic heterocycles. The molecule has 0 aliphatic rings. The van der Waals surface area contributed by atoms with Crippen molar-refractivity contribution in [3.8, 4) is 0 Å². The van der Waals surface area contributed by atoms with Gasteiger partial charge >= 0.3 is 5.97 Å². The Bertz CT molecular complexity index is 102. The predicted octanol–water partition coefficient (Wildman–Crippen LogP) is 1.61. The molecule has 0 aliphatic carbocycles. The van der Waals surface area contributed by atoms with Gasteiger partial charge in [-0.2, -0.15) is 5.11 Å². The molecule has 0 saturated heterocycles. The van der Waals surface area contributed by atoms with E-state index in [4.69, 9.17) is 0 Å². The number of ether oxygens (including phenoxy) is 2. The van der Waals surface area contributed by atoms with Crippen molar-refractivity contribution in [3.05, 3.63) is 0 Å². The van der Waals surface area contributed by atoms with Gasteiger partial charge in [0.05, 0.1) is 0 Å². The lowest BCUT2D eigenvalue weighted by atomic mass is 10.2. The van der Waals surface area contributed by atoms with Gasteiger partial charge in [0.2, 0.25) is 0 Å². The van der Waals surface area contributed by atoms with Crippen LogP contribution in [0, 0.1) is 5.92 Å². The van der Waals surface area contributed by atoms with Crippen LogP contribution < -0.4 is 0 Å².